The van der Waals surface area contributed by atoms with E-state index in [1.54, 1.807) is 0 Å². The molecule has 0 radical (unpaired) electrons. The van der Waals surface area contributed by atoms with Crippen LogP contribution in [0.25, 0.3) is 0 Å². The van der Waals surface area contributed by atoms with Gasteiger partial charge < -0.3 is 9.47 Å². The summed E-state index contributed by atoms with van der Waals surface area (Å²) in [5.41, 5.74) is 1.39. The predicted octanol–water partition coefficient (Wildman–Crippen LogP) is 7.65. The fraction of sp³-hybridized carbons (Fsp3) is 0.692. The van der Waals surface area contributed by atoms with Crippen molar-refractivity contribution in [1.82, 2.24) is 0 Å². The summed E-state index contributed by atoms with van der Waals surface area (Å²) >= 11 is 0. The number of benzene rings is 1. The van der Waals surface area contributed by atoms with Gasteiger partial charge in [0.15, 0.2) is 0 Å². The largest absolute Gasteiger partial charge is 0.491 e. The van der Waals surface area contributed by atoms with Gasteiger partial charge in [-0.2, -0.15) is 0 Å². The van der Waals surface area contributed by atoms with Crippen LogP contribution in [0.4, 0.5) is 0 Å². The monoisotopic (exact) mass is 386 g/mol. The van der Waals surface area contributed by atoms with Gasteiger partial charge in [0.2, 0.25) is 0 Å². The summed E-state index contributed by atoms with van der Waals surface area (Å²) in [4.78, 5) is 0. The average molecular weight is 387 g/mol. The van der Waals surface area contributed by atoms with E-state index in [4.69, 9.17) is 9.47 Å². The van der Waals surface area contributed by atoms with E-state index < -0.39 is 0 Å². The Balaban J connectivity index is 1.38. The van der Waals surface area contributed by atoms with E-state index in [1.807, 2.05) is 6.07 Å². The van der Waals surface area contributed by atoms with E-state index in [2.05, 4.69) is 37.3 Å². The Morgan fingerprint density at radius 3 is 2.21 bits per heavy atom. The maximum absolute atomic E-state index is 5.77. The Labute approximate surface area is 173 Å². The zero-order chi connectivity index (χ0) is 19.7. The molecule has 1 unspecified atom stereocenters. The number of aryl methyl sites for hydroxylation is 1. The van der Waals surface area contributed by atoms with Gasteiger partial charge in [-0.05, 0) is 56.2 Å². The first-order chi connectivity index (χ1) is 13.9. The molecular weight excluding hydrogens is 344 g/mol. The van der Waals surface area contributed by atoms with Gasteiger partial charge in [-0.3, -0.25) is 0 Å². The number of ether oxygens (including phenoxy) is 2. The molecule has 1 aromatic rings. The van der Waals surface area contributed by atoms with Crippen LogP contribution >= 0.6 is 0 Å². The number of allylic oxidation sites excluding steroid dienone is 2. The second-order valence-electron chi connectivity index (χ2n) is 8.25. The highest BCUT2D eigenvalue weighted by Gasteiger charge is 2.22. The van der Waals surface area contributed by atoms with E-state index in [0.29, 0.717) is 12.7 Å². The molecule has 1 saturated heterocycles. The van der Waals surface area contributed by atoms with Crippen molar-refractivity contribution in [2.45, 2.75) is 103 Å². The Morgan fingerprint density at radius 1 is 0.893 bits per heavy atom. The van der Waals surface area contributed by atoms with Crippen molar-refractivity contribution >= 4 is 0 Å². The molecule has 0 bridgehead atoms. The standard InChI is InChI=1S/C26H42O2/c1-2-3-4-5-6-7-8-9-10-11-12-13-14-15-16-18-24-19-17-20-25(21-24)27-22-26-23-28-26/h11-12,17,19-21,26H,2-10,13-16,18,22-23H2,1H3/b12-11+. The van der Waals surface area contributed by atoms with Crippen LogP contribution in [0.2, 0.25) is 0 Å². The number of rotatable bonds is 18. The van der Waals surface area contributed by atoms with Gasteiger partial charge in [0.05, 0.1) is 6.61 Å². The Bertz CT molecular complexity index is 519. The lowest BCUT2D eigenvalue weighted by molar-refractivity contribution is 0.263. The molecule has 28 heavy (non-hydrogen) atoms. The van der Waals surface area contributed by atoms with Crippen molar-refractivity contribution < 1.29 is 9.47 Å². The Kier molecular flexibility index (Phi) is 12.8. The third-order valence-electron chi connectivity index (χ3n) is 5.46. The van der Waals surface area contributed by atoms with Crippen molar-refractivity contribution in [2.75, 3.05) is 13.2 Å². The number of hydrogen-bond acceptors (Lipinski definition) is 2. The molecule has 2 rings (SSSR count). The second kappa shape index (κ2) is 15.6. The van der Waals surface area contributed by atoms with Gasteiger partial charge in [-0.1, -0.05) is 82.6 Å². The predicted molar refractivity (Wildman–Crippen MR) is 120 cm³/mol. The molecule has 0 aliphatic carbocycles. The maximum Gasteiger partial charge on any atom is 0.119 e. The molecule has 0 saturated carbocycles. The van der Waals surface area contributed by atoms with Gasteiger partial charge in [0, 0.05) is 0 Å². The first-order valence-electron chi connectivity index (χ1n) is 11.9. The summed E-state index contributed by atoms with van der Waals surface area (Å²) in [5, 5.41) is 0. The van der Waals surface area contributed by atoms with Crippen LogP contribution in [0.3, 0.4) is 0 Å². The van der Waals surface area contributed by atoms with Gasteiger partial charge in [-0.15, -0.1) is 0 Å². The molecule has 1 aromatic carbocycles. The quantitative estimate of drug-likeness (QED) is 0.147. The van der Waals surface area contributed by atoms with Crippen molar-refractivity contribution in [1.29, 1.82) is 0 Å². The molecule has 0 N–H and O–H groups in total. The average Bonchev–Trinajstić information content (AvgIpc) is 3.54. The molecule has 0 aromatic heterocycles. The van der Waals surface area contributed by atoms with Gasteiger partial charge in [-0.25, -0.2) is 0 Å². The Hall–Kier alpha value is -1.28. The van der Waals surface area contributed by atoms with Crippen molar-refractivity contribution in [3.8, 4) is 5.75 Å². The van der Waals surface area contributed by atoms with E-state index in [9.17, 15) is 0 Å². The molecule has 0 amide bonds. The maximum atomic E-state index is 5.77. The normalized spacial score (nSPS) is 16.0. The fourth-order valence-electron chi connectivity index (χ4n) is 3.54. The molecular formula is C26H42O2. The summed E-state index contributed by atoms with van der Waals surface area (Å²) < 4.78 is 11.0. The van der Waals surface area contributed by atoms with E-state index >= 15 is 0 Å². The number of unbranched alkanes of at least 4 members (excludes halogenated alkanes) is 11. The first kappa shape index (κ1) is 23.0. The number of epoxide rings is 1. The van der Waals surface area contributed by atoms with E-state index in [-0.39, 0.29) is 0 Å². The highest BCUT2D eigenvalue weighted by atomic mass is 16.6. The van der Waals surface area contributed by atoms with E-state index in [1.165, 1.54) is 89.0 Å². The van der Waals surface area contributed by atoms with Crippen LogP contribution in [0.1, 0.15) is 96.0 Å². The van der Waals surface area contributed by atoms with Gasteiger partial charge in [0.1, 0.15) is 18.5 Å². The molecule has 1 heterocycles. The minimum Gasteiger partial charge on any atom is -0.491 e. The van der Waals surface area contributed by atoms with Crippen LogP contribution in [0, 0.1) is 0 Å². The summed E-state index contributed by atoms with van der Waals surface area (Å²) in [6, 6.07) is 8.55. The lowest BCUT2D eigenvalue weighted by Crippen LogP contribution is -2.04. The first-order valence-corrected chi connectivity index (χ1v) is 11.9. The fourth-order valence-corrected chi connectivity index (χ4v) is 3.54. The summed E-state index contributed by atoms with van der Waals surface area (Å²) in [6.07, 6.45) is 24.0. The molecule has 2 heteroatoms. The van der Waals surface area contributed by atoms with Crippen LogP contribution in [0.15, 0.2) is 36.4 Å². The van der Waals surface area contributed by atoms with Gasteiger partial charge >= 0.3 is 0 Å². The van der Waals surface area contributed by atoms with Crippen molar-refractivity contribution in [3.63, 3.8) is 0 Å². The molecule has 1 atom stereocenters. The van der Waals surface area contributed by atoms with E-state index in [0.717, 1.165) is 18.8 Å². The zero-order valence-corrected chi connectivity index (χ0v) is 18.2. The topological polar surface area (TPSA) is 21.8 Å². The Morgan fingerprint density at radius 2 is 1.54 bits per heavy atom. The van der Waals surface area contributed by atoms with Crippen LogP contribution in [-0.4, -0.2) is 19.3 Å². The molecule has 1 fully saturated rings. The highest BCUT2D eigenvalue weighted by Crippen LogP contribution is 2.18. The third-order valence-corrected chi connectivity index (χ3v) is 5.46. The zero-order valence-electron chi connectivity index (χ0n) is 18.2. The summed E-state index contributed by atoms with van der Waals surface area (Å²) in [5.74, 6) is 0.983. The summed E-state index contributed by atoms with van der Waals surface area (Å²) in [7, 11) is 0. The SMILES string of the molecule is CCCCCCCCCC/C=C/CCCCCc1cccc(OCC2CO2)c1. The van der Waals surface area contributed by atoms with Crippen molar-refractivity contribution in [2.24, 2.45) is 0 Å². The van der Waals surface area contributed by atoms with Crippen LogP contribution in [0.5, 0.6) is 5.75 Å². The van der Waals surface area contributed by atoms with Gasteiger partial charge in [0.25, 0.3) is 0 Å². The lowest BCUT2D eigenvalue weighted by atomic mass is 10.1. The minimum absolute atomic E-state index is 0.326. The molecule has 1 aliphatic heterocycles. The molecule has 158 valence electrons. The smallest absolute Gasteiger partial charge is 0.119 e. The minimum atomic E-state index is 0.326. The van der Waals surface area contributed by atoms with Crippen molar-refractivity contribution in [3.05, 3.63) is 42.0 Å². The molecule has 1 aliphatic rings. The third kappa shape index (κ3) is 12.2. The lowest BCUT2D eigenvalue weighted by Gasteiger charge is -2.06. The second-order valence-corrected chi connectivity index (χ2v) is 8.25. The van der Waals surface area contributed by atoms with Crippen LogP contribution in [-0.2, 0) is 11.2 Å². The molecule has 2 nitrogen and oxygen atoms in total. The number of hydrogen-bond donors (Lipinski definition) is 0. The van der Waals surface area contributed by atoms with Crippen LogP contribution < -0.4 is 4.74 Å². The summed E-state index contributed by atoms with van der Waals surface area (Å²) in [6.45, 7) is 3.83. The molecule has 0 spiro atoms. The highest BCUT2D eigenvalue weighted by molar-refractivity contribution is 5.28.